The van der Waals surface area contributed by atoms with Crippen LogP contribution in [0.15, 0.2) is 0 Å². The van der Waals surface area contributed by atoms with Crippen molar-refractivity contribution in [2.24, 2.45) is 11.3 Å². The maximum atomic E-state index is 11.8. The van der Waals surface area contributed by atoms with Crippen molar-refractivity contribution in [2.45, 2.75) is 6.92 Å². The number of hydrogen-bond acceptors (Lipinski definition) is 3. The molecule has 0 bridgehead atoms. The Morgan fingerprint density at radius 1 is 1.62 bits per heavy atom. The summed E-state index contributed by atoms with van der Waals surface area (Å²) in [6.45, 7) is 5.28. The van der Waals surface area contributed by atoms with Gasteiger partial charge in [-0.2, -0.15) is 0 Å². The monoisotopic (exact) mass is 184 g/mol. The second-order valence-electron chi connectivity index (χ2n) is 4.42. The van der Waals surface area contributed by atoms with Crippen LogP contribution in [0.1, 0.15) is 6.92 Å². The van der Waals surface area contributed by atoms with Crippen molar-refractivity contribution < 1.29 is 9.90 Å². The summed E-state index contributed by atoms with van der Waals surface area (Å²) in [5.74, 6) is 0.566. The first-order valence-electron chi connectivity index (χ1n) is 4.77. The van der Waals surface area contributed by atoms with Crippen molar-refractivity contribution in [3.8, 4) is 0 Å². The molecule has 2 aliphatic rings. The molecule has 0 unspecified atom stereocenters. The van der Waals surface area contributed by atoms with Crippen LogP contribution in [0.25, 0.3) is 0 Å². The van der Waals surface area contributed by atoms with Crippen molar-refractivity contribution in [1.29, 1.82) is 0 Å². The highest BCUT2D eigenvalue weighted by Gasteiger charge is 2.45. The van der Waals surface area contributed by atoms with Gasteiger partial charge in [-0.3, -0.25) is 4.79 Å². The molecule has 4 nitrogen and oxygen atoms in total. The van der Waals surface area contributed by atoms with E-state index in [0.717, 1.165) is 26.2 Å². The number of aliphatic hydroxyl groups is 1. The van der Waals surface area contributed by atoms with E-state index in [4.69, 9.17) is 5.11 Å². The first-order valence-corrected chi connectivity index (χ1v) is 4.77. The van der Waals surface area contributed by atoms with Gasteiger partial charge >= 0.3 is 0 Å². The molecule has 0 saturated carbocycles. The van der Waals surface area contributed by atoms with Crippen LogP contribution in [-0.2, 0) is 4.79 Å². The maximum absolute atomic E-state index is 11.8. The van der Waals surface area contributed by atoms with Gasteiger partial charge < -0.3 is 15.3 Å². The Hall–Kier alpha value is -0.610. The van der Waals surface area contributed by atoms with Gasteiger partial charge in [0.25, 0.3) is 0 Å². The van der Waals surface area contributed by atoms with Gasteiger partial charge in [0.15, 0.2) is 0 Å². The fraction of sp³-hybridized carbons (Fsp3) is 0.889. The average Bonchev–Trinajstić information content (AvgIpc) is 1.98. The van der Waals surface area contributed by atoms with Crippen LogP contribution >= 0.6 is 0 Å². The van der Waals surface area contributed by atoms with E-state index in [2.05, 4.69) is 5.32 Å². The van der Waals surface area contributed by atoms with Gasteiger partial charge in [-0.15, -0.1) is 0 Å². The zero-order chi connectivity index (χ0) is 9.47. The summed E-state index contributed by atoms with van der Waals surface area (Å²) in [6, 6.07) is 0. The smallest absolute Gasteiger partial charge is 0.231 e. The molecule has 0 aromatic heterocycles. The molecule has 0 aromatic rings. The van der Waals surface area contributed by atoms with Crippen molar-refractivity contribution in [2.75, 3.05) is 32.8 Å². The molecule has 2 aliphatic heterocycles. The van der Waals surface area contributed by atoms with Crippen molar-refractivity contribution in [3.63, 3.8) is 0 Å². The third-order valence-corrected chi connectivity index (χ3v) is 3.05. The lowest BCUT2D eigenvalue weighted by molar-refractivity contribution is -0.151. The number of nitrogens with one attached hydrogen (secondary N) is 1. The highest BCUT2D eigenvalue weighted by Crippen LogP contribution is 2.28. The van der Waals surface area contributed by atoms with Crippen LogP contribution in [0.2, 0.25) is 0 Å². The molecule has 4 heteroatoms. The first kappa shape index (κ1) is 8.97. The number of rotatable bonds is 2. The van der Waals surface area contributed by atoms with E-state index in [1.54, 1.807) is 0 Å². The van der Waals surface area contributed by atoms with Gasteiger partial charge in [0, 0.05) is 38.7 Å². The van der Waals surface area contributed by atoms with E-state index in [9.17, 15) is 4.79 Å². The largest absolute Gasteiger partial charge is 0.396 e. The number of likely N-dealkylation sites (tertiary alicyclic amines) is 1. The summed E-state index contributed by atoms with van der Waals surface area (Å²) in [7, 11) is 0. The van der Waals surface area contributed by atoms with Gasteiger partial charge in [-0.1, -0.05) is 0 Å². The van der Waals surface area contributed by atoms with Crippen LogP contribution in [-0.4, -0.2) is 48.7 Å². The highest BCUT2D eigenvalue weighted by atomic mass is 16.3. The van der Waals surface area contributed by atoms with Gasteiger partial charge in [0.2, 0.25) is 5.91 Å². The Kier molecular flexibility index (Phi) is 2.04. The molecule has 0 aromatic carbocycles. The first-order chi connectivity index (χ1) is 6.15. The van der Waals surface area contributed by atoms with Gasteiger partial charge in [-0.05, 0) is 6.92 Å². The summed E-state index contributed by atoms with van der Waals surface area (Å²) in [6.07, 6.45) is 0. The van der Waals surface area contributed by atoms with Gasteiger partial charge in [-0.25, -0.2) is 0 Å². The average molecular weight is 184 g/mol. The predicted molar refractivity (Wildman–Crippen MR) is 48.1 cm³/mol. The van der Waals surface area contributed by atoms with E-state index in [1.807, 2.05) is 11.8 Å². The van der Waals surface area contributed by atoms with Gasteiger partial charge in [0.05, 0.1) is 5.41 Å². The van der Waals surface area contributed by atoms with E-state index < -0.39 is 0 Å². The number of amides is 1. The number of nitrogens with zero attached hydrogens (tertiary/aromatic N) is 1. The Morgan fingerprint density at radius 3 is 2.62 bits per heavy atom. The summed E-state index contributed by atoms with van der Waals surface area (Å²) in [4.78, 5) is 13.6. The standard InChI is InChI=1S/C9H16N2O2/c1-9(5-10-6-9)8(13)11-2-7(3-11)4-12/h7,10,12H,2-6H2,1H3. The molecule has 13 heavy (non-hydrogen) atoms. The third kappa shape index (κ3) is 1.34. The lowest BCUT2D eigenvalue weighted by Gasteiger charge is -2.47. The molecule has 2 fully saturated rings. The molecule has 74 valence electrons. The fourth-order valence-electron chi connectivity index (χ4n) is 1.88. The molecule has 1 amide bonds. The van der Waals surface area contributed by atoms with Crippen LogP contribution in [0, 0.1) is 11.3 Å². The molecule has 0 spiro atoms. The molecule has 2 N–H and O–H groups in total. The molecule has 0 atom stereocenters. The number of aliphatic hydroxyl groups excluding tert-OH is 1. The van der Waals surface area contributed by atoms with Crippen LogP contribution in [0.3, 0.4) is 0 Å². The summed E-state index contributed by atoms with van der Waals surface area (Å²) in [5.41, 5.74) is -0.166. The minimum absolute atomic E-state index is 0.166. The summed E-state index contributed by atoms with van der Waals surface area (Å²) < 4.78 is 0. The molecule has 2 rings (SSSR count). The Bertz CT molecular complexity index is 220. The van der Waals surface area contributed by atoms with Gasteiger partial charge in [0.1, 0.15) is 0 Å². The topological polar surface area (TPSA) is 52.6 Å². The molecule has 0 aliphatic carbocycles. The highest BCUT2D eigenvalue weighted by molar-refractivity contribution is 5.84. The van der Waals surface area contributed by atoms with Crippen LogP contribution in [0.4, 0.5) is 0 Å². The zero-order valence-corrected chi connectivity index (χ0v) is 7.92. The lowest BCUT2D eigenvalue weighted by Crippen LogP contribution is -2.64. The quantitative estimate of drug-likeness (QED) is 0.581. The number of hydrogen-bond donors (Lipinski definition) is 2. The SMILES string of the molecule is CC1(C(=O)N2CC(CO)C2)CNC1. The molecular formula is C9H16N2O2. The zero-order valence-electron chi connectivity index (χ0n) is 7.92. The van der Waals surface area contributed by atoms with Crippen molar-refractivity contribution in [1.82, 2.24) is 10.2 Å². The third-order valence-electron chi connectivity index (χ3n) is 3.05. The number of carbonyl (C=O) groups excluding carboxylic acids is 1. The Balaban J connectivity index is 1.86. The van der Waals surface area contributed by atoms with Crippen molar-refractivity contribution in [3.05, 3.63) is 0 Å². The number of carbonyl (C=O) groups is 1. The summed E-state index contributed by atoms with van der Waals surface area (Å²) >= 11 is 0. The molecule has 2 saturated heterocycles. The molecule has 0 radical (unpaired) electrons. The second kappa shape index (κ2) is 2.96. The molecule has 2 heterocycles. The minimum atomic E-state index is -0.166. The van der Waals surface area contributed by atoms with Crippen LogP contribution in [0.5, 0.6) is 0 Å². The predicted octanol–water partition coefficient (Wildman–Crippen LogP) is -0.953. The van der Waals surface area contributed by atoms with E-state index in [0.29, 0.717) is 5.92 Å². The van der Waals surface area contributed by atoms with Crippen LogP contribution < -0.4 is 5.32 Å². The van der Waals surface area contributed by atoms with E-state index in [-0.39, 0.29) is 17.9 Å². The second-order valence-corrected chi connectivity index (χ2v) is 4.42. The molecular weight excluding hydrogens is 168 g/mol. The minimum Gasteiger partial charge on any atom is -0.396 e. The van der Waals surface area contributed by atoms with Crippen molar-refractivity contribution >= 4 is 5.91 Å². The maximum Gasteiger partial charge on any atom is 0.231 e. The normalized spacial score (nSPS) is 26.5. The summed E-state index contributed by atoms with van der Waals surface area (Å²) in [5, 5.41) is 11.9. The van der Waals surface area contributed by atoms with E-state index in [1.165, 1.54) is 0 Å². The van der Waals surface area contributed by atoms with E-state index >= 15 is 0 Å². The Morgan fingerprint density at radius 2 is 2.23 bits per heavy atom. The Labute approximate surface area is 77.9 Å². The fourth-order valence-corrected chi connectivity index (χ4v) is 1.88. The lowest BCUT2D eigenvalue weighted by atomic mass is 9.81.